The second-order valence-corrected chi connectivity index (χ2v) is 9.74. The molecule has 1 amide bonds. The van der Waals surface area contributed by atoms with Crippen LogP contribution in [0.4, 0.5) is 5.69 Å². The summed E-state index contributed by atoms with van der Waals surface area (Å²) in [4.78, 5) is 15.0. The number of halogens is 2. The van der Waals surface area contributed by atoms with Crippen molar-refractivity contribution in [3.05, 3.63) is 92.3 Å². The Labute approximate surface area is 209 Å². The first kappa shape index (κ1) is 22.9. The highest BCUT2D eigenvalue weighted by atomic mass is 79.9. The number of amides is 1. The first-order valence-corrected chi connectivity index (χ1v) is 11.9. The molecule has 162 valence electrons. The summed E-state index contributed by atoms with van der Waals surface area (Å²) in [7, 11) is 1.59. The fraction of sp³-hybridized carbons (Fsp3) is 0.0833. The van der Waals surface area contributed by atoms with Gasteiger partial charge in [0.2, 0.25) is 0 Å². The third-order valence-corrected chi connectivity index (χ3v) is 7.21. The van der Waals surface area contributed by atoms with Gasteiger partial charge in [0, 0.05) is 4.47 Å². The van der Waals surface area contributed by atoms with Crippen LogP contribution in [0.5, 0.6) is 11.5 Å². The van der Waals surface area contributed by atoms with E-state index in [2.05, 4.69) is 15.9 Å². The molecule has 8 heteroatoms. The maximum atomic E-state index is 13.0. The van der Waals surface area contributed by atoms with Crippen molar-refractivity contribution in [2.24, 2.45) is 0 Å². The molecular formula is C24H17BrClNO3S2. The number of rotatable bonds is 6. The van der Waals surface area contributed by atoms with Crippen LogP contribution in [-0.4, -0.2) is 17.3 Å². The Morgan fingerprint density at radius 2 is 1.88 bits per heavy atom. The second-order valence-electron chi connectivity index (χ2n) is 6.80. The summed E-state index contributed by atoms with van der Waals surface area (Å²) in [5.74, 6) is 1.03. The molecule has 0 radical (unpaired) electrons. The van der Waals surface area contributed by atoms with Crippen LogP contribution >= 0.6 is 51.5 Å². The zero-order valence-electron chi connectivity index (χ0n) is 16.9. The normalized spacial score (nSPS) is 14.8. The van der Waals surface area contributed by atoms with Gasteiger partial charge in [0.05, 0.1) is 22.7 Å². The van der Waals surface area contributed by atoms with Gasteiger partial charge < -0.3 is 9.47 Å². The molecule has 1 aliphatic heterocycles. The molecule has 0 aromatic heterocycles. The number of carbonyl (C=O) groups is 1. The Hall–Kier alpha value is -2.32. The predicted molar refractivity (Wildman–Crippen MR) is 139 cm³/mol. The van der Waals surface area contributed by atoms with Crippen LogP contribution < -0.4 is 14.4 Å². The van der Waals surface area contributed by atoms with Crippen LogP contribution in [-0.2, 0) is 11.4 Å². The first-order valence-electron chi connectivity index (χ1n) is 9.54. The number of benzene rings is 3. The molecule has 0 atom stereocenters. The lowest BCUT2D eigenvalue weighted by Crippen LogP contribution is -2.27. The van der Waals surface area contributed by atoms with Crippen LogP contribution in [0.1, 0.15) is 11.1 Å². The number of carbonyl (C=O) groups excluding carboxylic acids is 1. The monoisotopic (exact) mass is 545 g/mol. The second kappa shape index (κ2) is 10.1. The number of thioether (sulfide) groups is 1. The van der Waals surface area contributed by atoms with E-state index in [4.69, 9.17) is 33.3 Å². The molecular weight excluding hydrogens is 530 g/mol. The number of thiocarbonyl (C=S) groups is 1. The van der Waals surface area contributed by atoms with Gasteiger partial charge in [-0.15, -0.1) is 0 Å². The Morgan fingerprint density at radius 3 is 2.59 bits per heavy atom. The van der Waals surface area contributed by atoms with E-state index in [1.54, 1.807) is 31.4 Å². The number of nitrogens with zero attached hydrogens (tertiary/aromatic N) is 1. The largest absolute Gasteiger partial charge is 0.493 e. The Morgan fingerprint density at radius 1 is 1.09 bits per heavy atom. The highest BCUT2D eigenvalue weighted by molar-refractivity contribution is 9.10. The van der Waals surface area contributed by atoms with Gasteiger partial charge in [-0.05, 0) is 63.5 Å². The molecule has 32 heavy (non-hydrogen) atoms. The fourth-order valence-electron chi connectivity index (χ4n) is 3.09. The number of anilines is 1. The molecule has 0 saturated carbocycles. The number of hydrogen-bond donors (Lipinski definition) is 0. The van der Waals surface area contributed by atoms with Gasteiger partial charge in [-0.1, -0.05) is 72.0 Å². The molecule has 4 nitrogen and oxygen atoms in total. The molecule has 3 aromatic rings. The molecule has 1 aliphatic rings. The van der Waals surface area contributed by atoms with Crippen molar-refractivity contribution in [3.8, 4) is 11.5 Å². The summed E-state index contributed by atoms with van der Waals surface area (Å²) in [6.45, 7) is 0.435. The van der Waals surface area contributed by atoms with Crippen molar-refractivity contribution >= 4 is 73.5 Å². The van der Waals surface area contributed by atoms with Gasteiger partial charge in [0.1, 0.15) is 6.61 Å². The van der Waals surface area contributed by atoms with Crippen molar-refractivity contribution in [2.75, 3.05) is 12.0 Å². The number of ether oxygens (including phenoxy) is 2. The summed E-state index contributed by atoms with van der Waals surface area (Å²) in [5.41, 5.74) is 2.50. The van der Waals surface area contributed by atoms with Crippen molar-refractivity contribution in [1.82, 2.24) is 0 Å². The average Bonchev–Trinajstić information content (AvgIpc) is 3.08. The standard InChI is InChI=1S/C24H17BrClNO3S2/c1-29-21-11-16(7-10-20(21)30-14-15-5-3-2-4-6-15)12-22-23(28)27(24(31)32-22)17-8-9-18(25)19(26)13-17/h2-13H,14H2,1H3/b22-12+. The van der Waals surface area contributed by atoms with Crippen molar-refractivity contribution < 1.29 is 14.3 Å². The molecule has 1 saturated heterocycles. The molecule has 0 spiro atoms. The third-order valence-electron chi connectivity index (χ3n) is 4.68. The van der Waals surface area contributed by atoms with E-state index in [-0.39, 0.29) is 5.91 Å². The van der Waals surface area contributed by atoms with Gasteiger partial charge in [0.15, 0.2) is 15.8 Å². The van der Waals surface area contributed by atoms with E-state index in [0.717, 1.165) is 15.6 Å². The molecule has 1 fully saturated rings. The average molecular weight is 547 g/mol. The Bertz CT molecular complexity index is 1220. The summed E-state index contributed by atoms with van der Waals surface area (Å²) in [6.07, 6.45) is 1.79. The van der Waals surface area contributed by atoms with E-state index >= 15 is 0 Å². The van der Waals surface area contributed by atoms with Crippen LogP contribution in [0, 0.1) is 0 Å². The Balaban J connectivity index is 1.54. The highest BCUT2D eigenvalue weighted by Gasteiger charge is 2.33. The predicted octanol–water partition coefficient (Wildman–Crippen LogP) is 7.10. The molecule has 0 N–H and O–H groups in total. The third kappa shape index (κ3) is 5.02. The molecule has 1 heterocycles. The summed E-state index contributed by atoms with van der Waals surface area (Å²) in [6, 6.07) is 20.8. The van der Waals surface area contributed by atoms with Crippen LogP contribution in [0.2, 0.25) is 5.02 Å². The van der Waals surface area contributed by atoms with Crippen LogP contribution in [0.25, 0.3) is 6.08 Å². The van der Waals surface area contributed by atoms with Gasteiger partial charge >= 0.3 is 0 Å². The molecule has 4 rings (SSSR count). The maximum absolute atomic E-state index is 13.0. The van der Waals surface area contributed by atoms with E-state index in [0.29, 0.717) is 38.0 Å². The topological polar surface area (TPSA) is 38.8 Å². The highest BCUT2D eigenvalue weighted by Crippen LogP contribution is 2.39. The van der Waals surface area contributed by atoms with Crippen molar-refractivity contribution in [2.45, 2.75) is 6.61 Å². The van der Waals surface area contributed by atoms with E-state index < -0.39 is 0 Å². The zero-order chi connectivity index (χ0) is 22.7. The lowest BCUT2D eigenvalue weighted by molar-refractivity contribution is -0.113. The van der Waals surface area contributed by atoms with Crippen LogP contribution in [0.3, 0.4) is 0 Å². The summed E-state index contributed by atoms with van der Waals surface area (Å²) >= 11 is 16.2. The molecule has 0 aliphatic carbocycles. The Kier molecular flexibility index (Phi) is 7.20. The number of hydrogen-bond acceptors (Lipinski definition) is 5. The summed E-state index contributed by atoms with van der Waals surface area (Å²) < 4.78 is 12.6. The first-order chi connectivity index (χ1) is 15.5. The van der Waals surface area contributed by atoms with Crippen molar-refractivity contribution in [3.63, 3.8) is 0 Å². The van der Waals surface area contributed by atoms with E-state index in [1.165, 1.54) is 16.7 Å². The molecule has 0 bridgehead atoms. The molecule has 3 aromatic carbocycles. The van der Waals surface area contributed by atoms with Crippen LogP contribution in [0.15, 0.2) is 76.1 Å². The van der Waals surface area contributed by atoms with Gasteiger partial charge in [-0.2, -0.15) is 0 Å². The minimum atomic E-state index is -0.193. The number of methoxy groups -OCH3 is 1. The van der Waals surface area contributed by atoms with E-state index in [9.17, 15) is 4.79 Å². The fourth-order valence-corrected chi connectivity index (χ4v) is 4.81. The summed E-state index contributed by atoms with van der Waals surface area (Å²) in [5, 5.41) is 0.511. The van der Waals surface area contributed by atoms with Gasteiger partial charge in [0.25, 0.3) is 5.91 Å². The minimum Gasteiger partial charge on any atom is -0.493 e. The van der Waals surface area contributed by atoms with Gasteiger partial charge in [-0.3, -0.25) is 9.69 Å². The maximum Gasteiger partial charge on any atom is 0.270 e. The van der Waals surface area contributed by atoms with Gasteiger partial charge in [-0.25, -0.2) is 0 Å². The van der Waals surface area contributed by atoms with Crippen molar-refractivity contribution in [1.29, 1.82) is 0 Å². The smallest absolute Gasteiger partial charge is 0.270 e. The SMILES string of the molecule is COc1cc(/C=C2/SC(=S)N(c3ccc(Br)c(Cl)c3)C2=O)ccc1OCc1ccccc1. The minimum absolute atomic E-state index is 0.193. The van der Waals surface area contributed by atoms with E-state index in [1.807, 2.05) is 48.5 Å². The quantitative estimate of drug-likeness (QED) is 0.244. The lowest BCUT2D eigenvalue weighted by Gasteiger charge is -2.15. The zero-order valence-corrected chi connectivity index (χ0v) is 20.9. The lowest BCUT2D eigenvalue weighted by atomic mass is 10.1. The molecule has 0 unspecified atom stereocenters.